The first-order chi connectivity index (χ1) is 9.35. The molecule has 0 saturated heterocycles. The molecule has 1 aromatic rings. The summed E-state index contributed by atoms with van der Waals surface area (Å²) in [5.41, 5.74) is 0.642. The summed E-state index contributed by atoms with van der Waals surface area (Å²) in [6.07, 6.45) is 2.92. The molecule has 104 valence electrons. The lowest BCUT2D eigenvalue weighted by Crippen LogP contribution is -2.32. The number of ketones is 2. The Kier molecular flexibility index (Phi) is 2.45. The number of ether oxygens (including phenoxy) is 1. The van der Waals surface area contributed by atoms with Gasteiger partial charge in [-0.05, 0) is 32.4 Å². The molecule has 0 fully saturated rings. The second kappa shape index (κ2) is 3.85. The minimum atomic E-state index is -0.682. The third kappa shape index (κ3) is 1.56. The summed E-state index contributed by atoms with van der Waals surface area (Å²) in [6.45, 7) is 5.50. The van der Waals surface area contributed by atoms with Crippen LogP contribution in [0.2, 0.25) is 0 Å². The van der Waals surface area contributed by atoms with Gasteiger partial charge in [-0.15, -0.1) is 0 Å². The first-order valence-electron chi connectivity index (χ1n) is 6.51. The number of aromatic hydroxyl groups is 1. The number of benzene rings is 1. The second-order valence-electron chi connectivity index (χ2n) is 5.43. The normalized spacial score (nSPS) is 18.4. The van der Waals surface area contributed by atoms with E-state index in [1.165, 1.54) is 12.2 Å². The molecule has 1 heterocycles. The zero-order valence-electron chi connectivity index (χ0n) is 11.5. The molecule has 0 amide bonds. The van der Waals surface area contributed by atoms with E-state index in [0.29, 0.717) is 23.4 Å². The fraction of sp³-hybridized carbons (Fsp3) is 0.333. The number of allylic oxidation sites excluding steroid dienone is 2. The van der Waals surface area contributed by atoms with Crippen molar-refractivity contribution in [3.8, 4) is 11.5 Å². The summed E-state index contributed by atoms with van der Waals surface area (Å²) in [4.78, 5) is 24.1. The quantitative estimate of drug-likeness (QED) is 0.769. The van der Waals surface area contributed by atoms with Crippen molar-refractivity contribution in [3.05, 3.63) is 28.8 Å². The number of carbonyl (C=O) groups is 2. The Labute approximate surface area is 116 Å². The van der Waals surface area contributed by atoms with Crippen molar-refractivity contribution in [3.63, 3.8) is 0 Å². The molecule has 0 saturated carbocycles. The molecule has 0 unspecified atom stereocenters. The summed E-state index contributed by atoms with van der Waals surface area (Å²) < 4.78 is 5.79. The average molecular weight is 273 g/mol. The molecule has 1 aliphatic heterocycles. The van der Waals surface area contributed by atoms with Crippen LogP contribution in [0.3, 0.4) is 0 Å². The molecule has 1 aromatic carbocycles. The Balaban J connectivity index is 2.39. The number of phenols is 1. The highest BCUT2D eigenvalue weighted by atomic mass is 16.5. The molecule has 0 atom stereocenters. The molecule has 3 rings (SSSR count). The van der Waals surface area contributed by atoms with E-state index >= 15 is 0 Å². The van der Waals surface area contributed by atoms with Crippen molar-refractivity contribution in [2.75, 3.05) is 5.32 Å². The molecular weight excluding hydrogens is 258 g/mol. The van der Waals surface area contributed by atoms with E-state index in [4.69, 9.17) is 4.74 Å². The number of anilines is 1. The van der Waals surface area contributed by atoms with E-state index in [-0.39, 0.29) is 28.4 Å². The Morgan fingerprint density at radius 2 is 1.80 bits per heavy atom. The summed E-state index contributed by atoms with van der Waals surface area (Å²) in [5, 5.41) is 13.5. The number of phenolic OH excluding ortho intramolecular Hbond substituents is 1. The predicted molar refractivity (Wildman–Crippen MR) is 73.6 cm³/mol. The Bertz CT molecular complexity index is 686. The highest BCUT2D eigenvalue weighted by Gasteiger charge is 2.39. The van der Waals surface area contributed by atoms with Gasteiger partial charge in [0.2, 0.25) is 0 Å². The zero-order chi connectivity index (χ0) is 14.7. The van der Waals surface area contributed by atoms with Gasteiger partial charge in [0, 0.05) is 5.56 Å². The van der Waals surface area contributed by atoms with Gasteiger partial charge >= 0.3 is 0 Å². The fourth-order valence-corrected chi connectivity index (χ4v) is 2.71. The third-order valence-corrected chi connectivity index (χ3v) is 3.54. The molecule has 0 radical (unpaired) electrons. The van der Waals surface area contributed by atoms with Crippen molar-refractivity contribution in [2.24, 2.45) is 0 Å². The SMILES string of the molecule is CCc1c(O)c2c(c3c1OC(C)(C)N3)C(=O)C=CC2=O. The minimum Gasteiger partial charge on any atom is -0.507 e. The lowest BCUT2D eigenvalue weighted by molar-refractivity contribution is 0.0992. The molecule has 5 heteroatoms. The van der Waals surface area contributed by atoms with Crippen LogP contribution in [0.1, 0.15) is 47.1 Å². The number of fused-ring (bicyclic) bond motifs is 3. The van der Waals surface area contributed by atoms with E-state index in [0.717, 1.165) is 0 Å². The Hall–Kier alpha value is -2.30. The molecule has 5 nitrogen and oxygen atoms in total. The van der Waals surface area contributed by atoms with E-state index in [2.05, 4.69) is 5.32 Å². The number of hydrogen-bond acceptors (Lipinski definition) is 5. The maximum absolute atomic E-state index is 12.1. The van der Waals surface area contributed by atoms with Crippen LogP contribution in [0, 0.1) is 0 Å². The molecule has 0 bridgehead atoms. The number of hydrogen-bond donors (Lipinski definition) is 2. The first-order valence-corrected chi connectivity index (χ1v) is 6.51. The fourth-order valence-electron chi connectivity index (χ4n) is 2.71. The lowest BCUT2D eigenvalue weighted by Gasteiger charge is -2.18. The summed E-state index contributed by atoms with van der Waals surface area (Å²) in [6, 6.07) is 0. The van der Waals surface area contributed by atoms with Gasteiger partial charge in [0.1, 0.15) is 5.75 Å². The van der Waals surface area contributed by atoms with Gasteiger partial charge in [-0.2, -0.15) is 0 Å². The molecule has 1 aliphatic carbocycles. The van der Waals surface area contributed by atoms with Crippen LogP contribution >= 0.6 is 0 Å². The van der Waals surface area contributed by atoms with Crippen LogP contribution in [0.4, 0.5) is 5.69 Å². The second-order valence-corrected chi connectivity index (χ2v) is 5.43. The van der Waals surface area contributed by atoms with Gasteiger partial charge < -0.3 is 15.2 Å². The van der Waals surface area contributed by atoms with Crippen LogP contribution in [-0.2, 0) is 6.42 Å². The highest BCUT2D eigenvalue weighted by molar-refractivity contribution is 6.26. The minimum absolute atomic E-state index is 0.0712. The van der Waals surface area contributed by atoms with Crippen molar-refractivity contribution in [1.29, 1.82) is 0 Å². The van der Waals surface area contributed by atoms with E-state index in [1.54, 1.807) is 0 Å². The van der Waals surface area contributed by atoms with Crippen LogP contribution in [0.15, 0.2) is 12.2 Å². The smallest absolute Gasteiger partial charge is 0.190 e. The van der Waals surface area contributed by atoms with Crippen LogP contribution in [0.5, 0.6) is 11.5 Å². The van der Waals surface area contributed by atoms with Gasteiger partial charge in [0.15, 0.2) is 23.0 Å². The average Bonchev–Trinajstić information content (AvgIpc) is 2.68. The van der Waals surface area contributed by atoms with E-state index in [9.17, 15) is 14.7 Å². The summed E-state index contributed by atoms with van der Waals surface area (Å²) in [7, 11) is 0. The maximum atomic E-state index is 12.1. The largest absolute Gasteiger partial charge is 0.507 e. The Morgan fingerprint density at radius 1 is 1.20 bits per heavy atom. The lowest BCUT2D eigenvalue weighted by atomic mass is 9.89. The standard InChI is InChI=1S/C15H15NO4/c1-4-7-13(19)11-9(18)6-5-8(17)10(11)12-14(7)20-15(2,3)16-12/h5-6,16,19H,4H2,1-3H3. The molecule has 0 aromatic heterocycles. The monoisotopic (exact) mass is 273 g/mol. The predicted octanol–water partition coefficient (Wildman–Crippen LogP) is 2.43. The topological polar surface area (TPSA) is 75.6 Å². The van der Waals surface area contributed by atoms with Crippen molar-refractivity contribution in [2.45, 2.75) is 32.9 Å². The zero-order valence-corrected chi connectivity index (χ0v) is 11.5. The number of rotatable bonds is 1. The van der Waals surface area contributed by atoms with Gasteiger partial charge in [-0.25, -0.2) is 0 Å². The summed E-state index contributed by atoms with van der Waals surface area (Å²) >= 11 is 0. The van der Waals surface area contributed by atoms with E-state index in [1.807, 2.05) is 20.8 Å². The van der Waals surface area contributed by atoms with Gasteiger partial charge in [-0.3, -0.25) is 9.59 Å². The van der Waals surface area contributed by atoms with E-state index < -0.39 is 5.72 Å². The van der Waals surface area contributed by atoms with Crippen molar-refractivity contribution in [1.82, 2.24) is 0 Å². The summed E-state index contributed by atoms with van der Waals surface area (Å²) in [5.74, 6) is -0.350. The first kappa shape index (κ1) is 12.7. The highest BCUT2D eigenvalue weighted by Crippen LogP contribution is 2.49. The third-order valence-electron chi connectivity index (χ3n) is 3.54. The number of nitrogens with one attached hydrogen (secondary N) is 1. The molecular formula is C15H15NO4. The molecule has 2 N–H and O–H groups in total. The van der Waals surface area contributed by atoms with Crippen molar-refractivity contribution < 1.29 is 19.4 Å². The van der Waals surface area contributed by atoms with Gasteiger partial charge in [0.05, 0.1) is 16.8 Å². The van der Waals surface area contributed by atoms with Crippen molar-refractivity contribution >= 4 is 17.3 Å². The van der Waals surface area contributed by atoms with Crippen LogP contribution in [0.25, 0.3) is 0 Å². The van der Waals surface area contributed by atoms with Gasteiger partial charge in [-0.1, -0.05) is 6.92 Å². The molecule has 2 aliphatic rings. The van der Waals surface area contributed by atoms with Crippen LogP contribution in [-0.4, -0.2) is 22.4 Å². The maximum Gasteiger partial charge on any atom is 0.190 e. The van der Waals surface area contributed by atoms with Crippen LogP contribution < -0.4 is 10.1 Å². The van der Waals surface area contributed by atoms with Gasteiger partial charge in [0.25, 0.3) is 0 Å². The Morgan fingerprint density at radius 3 is 2.40 bits per heavy atom. The molecule has 0 spiro atoms. The molecule has 20 heavy (non-hydrogen) atoms. The number of carbonyl (C=O) groups excluding carboxylic acids is 2.